The number of alkyl carbamates (subject to hydrolysis) is 1. The Hall–Kier alpha value is -1.98. The van der Waals surface area contributed by atoms with Gasteiger partial charge in [0.1, 0.15) is 17.2 Å². The first-order chi connectivity index (χ1) is 9.40. The Bertz CT molecular complexity index is 413. The summed E-state index contributed by atoms with van der Waals surface area (Å²) in [5, 5.41) is 5.86. The zero-order chi connectivity index (χ0) is 15.0. The Morgan fingerprint density at radius 2 is 2.05 bits per heavy atom. The Morgan fingerprint density at radius 1 is 1.30 bits per heavy atom. The van der Waals surface area contributed by atoms with Crippen LogP contribution in [0.4, 0.5) is 10.6 Å². The Balaban J connectivity index is 2.14. The van der Waals surface area contributed by atoms with E-state index < -0.39 is 5.60 Å². The number of amides is 1. The van der Waals surface area contributed by atoms with Gasteiger partial charge in [0.25, 0.3) is 0 Å². The van der Waals surface area contributed by atoms with Gasteiger partial charge in [0, 0.05) is 13.1 Å². The number of hydrogen-bond acceptors (Lipinski definition) is 5. The number of aromatic nitrogens is 1. The summed E-state index contributed by atoms with van der Waals surface area (Å²) in [6, 6.07) is 3.69. The number of anilines is 1. The van der Waals surface area contributed by atoms with Crippen molar-refractivity contribution in [2.24, 2.45) is 0 Å². The van der Waals surface area contributed by atoms with Crippen LogP contribution in [0.15, 0.2) is 18.3 Å². The predicted octanol–water partition coefficient (Wildman–Crippen LogP) is 2.42. The van der Waals surface area contributed by atoms with Crippen molar-refractivity contribution < 1.29 is 14.3 Å². The first-order valence-electron chi connectivity index (χ1n) is 6.61. The van der Waals surface area contributed by atoms with Crippen molar-refractivity contribution in [3.8, 4) is 5.75 Å². The highest BCUT2D eigenvalue weighted by atomic mass is 16.6. The molecule has 0 saturated heterocycles. The Labute approximate surface area is 119 Å². The lowest BCUT2D eigenvalue weighted by molar-refractivity contribution is 0.0528. The van der Waals surface area contributed by atoms with E-state index in [1.807, 2.05) is 32.9 Å². The number of ether oxygens (including phenoxy) is 2. The first kappa shape index (κ1) is 16.1. The number of carbonyl (C=O) groups is 1. The molecular weight excluding hydrogens is 258 g/mol. The summed E-state index contributed by atoms with van der Waals surface area (Å²) >= 11 is 0. The van der Waals surface area contributed by atoms with E-state index in [9.17, 15) is 4.79 Å². The number of nitrogens with zero attached hydrogens (tertiary/aromatic N) is 1. The van der Waals surface area contributed by atoms with Gasteiger partial charge in [0.2, 0.25) is 0 Å². The molecule has 0 atom stereocenters. The summed E-state index contributed by atoms with van der Waals surface area (Å²) in [6.45, 7) is 6.78. The minimum Gasteiger partial charge on any atom is -0.495 e. The van der Waals surface area contributed by atoms with Gasteiger partial charge in [-0.1, -0.05) is 0 Å². The van der Waals surface area contributed by atoms with Crippen molar-refractivity contribution in [3.63, 3.8) is 0 Å². The largest absolute Gasteiger partial charge is 0.495 e. The van der Waals surface area contributed by atoms with E-state index in [0.29, 0.717) is 6.54 Å². The van der Waals surface area contributed by atoms with Gasteiger partial charge in [-0.05, 0) is 39.3 Å². The maximum absolute atomic E-state index is 11.4. The number of rotatable bonds is 6. The molecule has 0 bridgehead atoms. The lowest BCUT2D eigenvalue weighted by Gasteiger charge is -2.19. The normalized spacial score (nSPS) is 10.8. The highest BCUT2D eigenvalue weighted by Crippen LogP contribution is 2.10. The van der Waals surface area contributed by atoms with E-state index in [4.69, 9.17) is 9.47 Å². The topological polar surface area (TPSA) is 72.5 Å². The second-order valence-corrected chi connectivity index (χ2v) is 5.29. The van der Waals surface area contributed by atoms with E-state index in [1.54, 1.807) is 13.3 Å². The highest BCUT2D eigenvalue weighted by Gasteiger charge is 2.15. The summed E-state index contributed by atoms with van der Waals surface area (Å²) < 4.78 is 10.2. The third kappa shape index (κ3) is 6.82. The van der Waals surface area contributed by atoms with Crippen LogP contribution in [0, 0.1) is 0 Å². The van der Waals surface area contributed by atoms with Gasteiger partial charge >= 0.3 is 6.09 Å². The number of methoxy groups -OCH3 is 1. The predicted molar refractivity (Wildman–Crippen MR) is 78.1 cm³/mol. The molecule has 1 amide bonds. The third-order valence-electron chi connectivity index (χ3n) is 2.30. The molecule has 2 N–H and O–H groups in total. The van der Waals surface area contributed by atoms with Crippen LogP contribution in [0.25, 0.3) is 0 Å². The monoisotopic (exact) mass is 281 g/mol. The van der Waals surface area contributed by atoms with Crippen molar-refractivity contribution in [3.05, 3.63) is 18.3 Å². The second-order valence-electron chi connectivity index (χ2n) is 5.29. The van der Waals surface area contributed by atoms with Crippen LogP contribution in [0.2, 0.25) is 0 Å². The molecule has 0 aliphatic heterocycles. The number of nitrogens with one attached hydrogen (secondary N) is 2. The van der Waals surface area contributed by atoms with Crippen LogP contribution in [0.5, 0.6) is 5.75 Å². The van der Waals surface area contributed by atoms with Gasteiger partial charge < -0.3 is 20.1 Å². The van der Waals surface area contributed by atoms with Crippen molar-refractivity contribution in [2.45, 2.75) is 32.8 Å². The fourth-order valence-electron chi connectivity index (χ4n) is 1.42. The molecule has 1 aromatic heterocycles. The number of carbonyl (C=O) groups excluding carboxylic acids is 1. The molecule has 0 spiro atoms. The van der Waals surface area contributed by atoms with Gasteiger partial charge in [-0.15, -0.1) is 0 Å². The minimum absolute atomic E-state index is 0.389. The molecule has 1 rings (SSSR count). The number of pyridine rings is 1. The third-order valence-corrected chi connectivity index (χ3v) is 2.30. The highest BCUT2D eigenvalue weighted by molar-refractivity contribution is 5.67. The quantitative estimate of drug-likeness (QED) is 0.783. The maximum atomic E-state index is 11.4. The van der Waals surface area contributed by atoms with Gasteiger partial charge in [0.05, 0.1) is 13.3 Å². The van der Waals surface area contributed by atoms with Crippen LogP contribution in [-0.2, 0) is 4.74 Å². The summed E-state index contributed by atoms with van der Waals surface area (Å²) in [6.07, 6.45) is 2.05. The van der Waals surface area contributed by atoms with Gasteiger partial charge in [-0.25, -0.2) is 9.78 Å². The van der Waals surface area contributed by atoms with Crippen LogP contribution in [0.3, 0.4) is 0 Å². The molecule has 6 heteroatoms. The van der Waals surface area contributed by atoms with E-state index in [0.717, 1.165) is 24.5 Å². The molecule has 0 saturated carbocycles. The zero-order valence-corrected chi connectivity index (χ0v) is 12.5. The molecule has 0 aliphatic rings. The Kier molecular flexibility index (Phi) is 6.09. The van der Waals surface area contributed by atoms with Gasteiger partial charge in [-0.3, -0.25) is 0 Å². The van der Waals surface area contributed by atoms with Crippen LogP contribution >= 0.6 is 0 Å². The molecule has 20 heavy (non-hydrogen) atoms. The molecule has 1 heterocycles. The average Bonchev–Trinajstić information content (AvgIpc) is 2.37. The molecule has 0 radical (unpaired) electrons. The molecule has 0 unspecified atom stereocenters. The lowest BCUT2D eigenvalue weighted by atomic mass is 10.2. The lowest BCUT2D eigenvalue weighted by Crippen LogP contribution is -2.33. The average molecular weight is 281 g/mol. The summed E-state index contributed by atoms with van der Waals surface area (Å²) in [5.41, 5.74) is -0.463. The van der Waals surface area contributed by atoms with E-state index >= 15 is 0 Å². The molecule has 0 fully saturated rings. The minimum atomic E-state index is -0.463. The SMILES string of the molecule is COc1ccc(NCCCNC(=O)OC(C)(C)C)nc1. The van der Waals surface area contributed by atoms with Crippen molar-refractivity contribution in [1.29, 1.82) is 0 Å². The molecule has 112 valence electrons. The van der Waals surface area contributed by atoms with Crippen LogP contribution in [-0.4, -0.2) is 36.9 Å². The fraction of sp³-hybridized carbons (Fsp3) is 0.571. The van der Waals surface area contributed by atoms with Gasteiger partial charge in [-0.2, -0.15) is 0 Å². The summed E-state index contributed by atoms with van der Waals surface area (Å²) in [4.78, 5) is 15.6. The van der Waals surface area contributed by atoms with Crippen LogP contribution < -0.4 is 15.4 Å². The van der Waals surface area contributed by atoms with Crippen molar-refractivity contribution in [2.75, 3.05) is 25.5 Å². The summed E-state index contributed by atoms with van der Waals surface area (Å²) in [7, 11) is 1.60. The van der Waals surface area contributed by atoms with E-state index in [-0.39, 0.29) is 6.09 Å². The zero-order valence-electron chi connectivity index (χ0n) is 12.5. The second kappa shape index (κ2) is 7.57. The first-order valence-corrected chi connectivity index (χ1v) is 6.61. The molecule has 0 aromatic carbocycles. The molecular formula is C14H23N3O3. The fourth-order valence-corrected chi connectivity index (χ4v) is 1.42. The standard InChI is InChI=1S/C14H23N3O3/c1-14(2,3)20-13(18)16-9-5-8-15-12-7-6-11(19-4)10-17-12/h6-7,10H,5,8-9H2,1-4H3,(H,15,17)(H,16,18). The van der Waals surface area contributed by atoms with Gasteiger partial charge in [0.15, 0.2) is 0 Å². The van der Waals surface area contributed by atoms with Crippen molar-refractivity contribution in [1.82, 2.24) is 10.3 Å². The van der Waals surface area contributed by atoms with E-state index in [1.165, 1.54) is 0 Å². The van der Waals surface area contributed by atoms with Crippen LogP contribution in [0.1, 0.15) is 27.2 Å². The Morgan fingerprint density at radius 3 is 2.60 bits per heavy atom. The molecule has 0 aliphatic carbocycles. The molecule has 1 aromatic rings. The number of hydrogen-bond donors (Lipinski definition) is 2. The smallest absolute Gasteiger partial charge is 0.407 e. The van der Waals surface area contributed by atoms with E-state index in [2.05, 4.69) is 15.6 Å². The maximum Gasteiger partial charge on any atom is 0.407 e. The van der Waals surface area contributed by atoms with Crippen molar-refractivity contribution >= 4 is 11.9 Å². The summed E-state index contributed by atoms with van der Waals surface area (Å²) in [5.74, 6) is 1.50. The molecule has 6 nitrogen and oxygen atoms in total.